The van der Waals surface area contributed by atoms with E-state index in [-0.39, 0.29) is 5.54 Å². The molecule has 0 aliphatic rings. The van der Waals surface area contributed by atoms with Crippen LogP contribution in [0.25, 0.3) is 0 Å². The maximum absolute atomic E-state index is 11.4. The Hall–Kier alpha value is -0.370. The summed E-state index contributed by atoms with van der Waals surface area (Å²) >= 11 is 0. The van der Waals surface area contributed by atoms with Crippen LogP contribution in [0.2, 0.25) is 0 Å². The van der Waals surface area contributed by atoms with Crippen molar-refractivity contribution in [1.29, 1.82) is 0 Å². The Bertz CT molecular complexity index is 158. The number of hydrogen-bond acceptors (Lipinski definition) is 2. The van der Waals surface area contributed by atoms with Gasteiger partial charge >= 0.3 is 0 Å². The second-order valence-corrected chi connectivity index (χ2v) is 4.74. The van der Waals surface area contributed by atoms with Crippen LogP contribution in [0.5, 0.6) is 0 Å². The molecular weight excluding hydrogens is 162 g/mol. The van der Waals surface area contributed by atoms with Crippen LogP contribution in [0.3, 0.4) is 0 Å². The third-order valence-electron chi connectivity index (χ3n) is 2.32. The molecule has 0 aromatic carbocycles. The van der Waals surface area contributed by atoms with Gasteiger partial charge in [0.05, 0.1) is 0 Å². The molecule has 0 heterocycles. The second kappa shape index (κ2) is 5.38. The predicted octanol–water partition coefficient (Wildman–Crippen LogP) is 2.51. The van der Waals surface area contributed by atoms with Crippen molar-refractivity contribution in [2.24, 2.45) is 11.7 Å². The van der Waals surface area contributed by atoms with E-state index in [1.165, 1.54) is 0 Å². The molecule has 0 rings (SSSR count). The molecule has 0 fully saturated rings. The standard InChI is InChI=1S/C11H23NO/c1-5-9(2)8-10(13)6-7-11(3,4)12/h9H,5-8,12H2,1-4H3. The van der Waals surface area contributed by atoms with Crippen LogP contribution in [0, 0.1) is 5.92 Å². The summed E-state index contributed by atoms with van der Waals surface area (Å²) < 4.78 is 0. The summed E-state index contributed by atoms with van der Waals surface area (Å²) in [6.07, 6.45) is 3.22. The minimum Gasteiger partial charge on any atom is -0.326 e. The lowest BCUT2D eigenvalue weighted by Crippen LogP contribution is -2.32. The maximum Gasteiger partial charge on any atom is 0.133 e. The number of hydrogen-bond donors (Lipinski definition) is 1. The molecule has 0 bridgehead atoms. The minimum atomic E-state index is -0.203. The highest BCUT2D eigenvalue weighted by Gasteiger charge is 2.14. The van der Waals surface area contributed by atoms with Crippen LogP contribution in [-0.4, -0.2) is 11.3 Å². The molecule has 2 heteroatoms. The molecule has 2 nitrogen and oxygen atoms in total. The van der Waals surface area contributed by atoms with Crippen LogP contribution >= 0.6 is 0 Å². The summed E-state index contributed by atoms with van der Waals surface area (Å²) in [6, 6.07) is 0. The summed E-state index contributed by atoms with van der Waals surface area (Å²) in [5, 5.41) is 0. The molecule has 0 saturated carbocycles. The van der Waals surface area contributed by atoms with E-state index in [1.807, 2.05) is 13.8 Å². The van der Waals surface area contributed by atoms with Crippen LogP contribution in [0.1, 0.15) is 53.4 Å². The molecule has 0 aliphatic heterocycles. The zero-order valence-electron chi connectivity index (χ0n) is 9.39. The SMILES string of the molecule is CCC(C)CC(=O)CCC(C)(C)N. The van der Waals surface area contributed by atoms with Gasteiger partial charge in [0.15, 0.2) is 0 Å². The lowest BCUT2D eigenvalue weighted by Gasteiger charge is -2.17. The summed E-state index contributed by atoms with van der Waals surface area (Å²) in [4.78, 5) is 11.4. The van der Waals surface area contributed by atoms with E-state index in [9.17, 15) is 4.79 Å². The number of ketones is 1. The molecule has 0 aliphatic carbocycles. The topological polar surface area (TPSA) is 43.1 Å². The minimum absolute atomic E-state index is 0.203. The lowest BCUT2D eigenvalue weighted by atomic mass is 9.94. The molecular formula is C11H23NO. The summed E-state index contributed by atoms with van der Waals surface area (Å²) in [6.45, 7) is 8.16. The molecule has 0 amide bonds. The van der Waals surface area contributed by atoms with Gasteiger partial charge in [0.2, 0.25) is 0 Å². The molecule has 1 unspecified atom stereocenters. The van der Waals surface area contributed by atoms with E-state index < -0.39 is 0 Å². The number of rotatable bonds is 6. The van der Waals surface area contributed by atoms with Crippen molar-refractivity contribution in [3.8, 4) is 0 Å². The smallest absolute Gasteiger partial charge is 0.133 e. The van der Waals surface area contributed by atoms with Crippen LogP contribution < -0.4 is 5.73 Å². The monoisotopic (exact) mass is 185 g/mol. The number of nitrogens with two attached hydrogens (primary N) is 1. The predicted molar refractivity (Wildman–Crippen MR) is 56.6 cm³/mol. The summed E-state index contributed by atoms with van der Waals surface area (Å²) in [5.41, 5.74) is 5.59. The Balaban J connectivity index is 3.64. The average molecular weight is 185 g/mol. The quantitative estimate of drug-likeness (QED) is 0.691. The van der Waals surface area contributed by atoms with Gasteiger partial charge in [-0.2, -0.15) is 0 Å². The molecule has 0 aromatic heterocycles. The molecule has 0 saturated heterocycles. The molecule has 13 heavy (non-hydrogen) atoms. The number of carbonyl (C=O) groups excluding carboxylic acids is 1. The van der Waals surface area contributed by atoms with E-state index in [4.69, 9.17) is 5.73 Å². The van der Waals surface area contributed by atoms with Gasteiger partial charge in [-0.15, -0.1) is 0 Å². The fourth-order valence-corrected chi connectivity index (χ4v) is 1.10. The first-order valence-electron chi connectivity index (χ1n) is 5.15. The fourth-order valence-electron chi connectivity index (χ4n) is 1.10. The molecule has 0 aromatic rings. The van der Waals surface area contributed by atoms with Crippen molar-refractivity contribution in [1.82, 2.24) is 0 Å². The Morgan fingerprint density at radius 3 is 2.38 bits per heavy atom. The highest BCUT2D eigenvalue weighted by molar-refractivity contribution is 5.78. The molecule has 78 valence electrons. The van der Waals surface area contributed by atoms with E-state index in [0.29, 0.717) is 24.5 Å². The highest BCUT2D eigenvalue weighted by atomic mass is 16.1. The molecule has 0 radical (unpaired) electrons. The molecule has 2 N–H and O–H groups in total. The Morgan fingerprint density at radius 2 is 2.00 bits per heavy atom. The first-order chi connectivity index (χ1) is 5.85. The average Bonchev–Trinajstić information content (AvgIpc) is 1.99. The van der Waals surface area contributed by atoms with Crippen molar-refractivity contribution >= 4 is 5.78 Å². The zero-order valence-corrected chi connectivity index (χ0v) is 9.39. The maximum atomic E-state index is 11.4. The Kier molecular flexibility index (Phi) is 5.23. The van der Waals surface area contributed by atoms with Crippen molar-refractivity contribution in [3.05, 3.63) is 0 Å². The Labute approximate surface area is 81.9 Å². The molecule has 1 atom stereocenters. The van der Waals surface area contributed by atoms with Crippen LogP contribution in [-0.2, 0) is 4.79 Å². The van der Waals surface area contributed by atoms with E-state index in [2.05, 4.69) is 13.8 Å². The van der Waals surface area contributed by atoms with Crippen molar-refractivity contribution in [2.75, 3.05) is 0 Å². The van der Waals surface area contributed by atoms with E-state index >= 15 is 0 Å². The summed E-state index contributed by atoms with van der Waals surface area (Å²) in [7, 11) is 0. The van der Waals surface area contributed by atoms with Crippen LogP contribution in [0.15, 0.2) is 0 Å². The first kappa shape index (κ1) is 12.6. The van der Waals surface area contributed by atoms with E-state index in [1.54, 1.807) is 0 Å². The van der Waals surface area contributed by atoms with Gasteiger partial charge < -0.3 is 5.73 Å². The van der Waals surface area contributed by atoms with Crippen molar-refractivity contribution in [3.63, 3.8) is 0 Å². The second-order valence-electron chi connectivity index (χ2n) is 4.74. The molecule has 0 spiro atoms. The highest BCUT2D eigenvalue weighted by Crippen LogP contribution is 2.13. The Morgan fingerprint density at radius 1 is 1.46 bits per heavy atom. The fraction of sp³-hybridized carbons (Fsp3) is 0.909. The first-order valence-corrected chi connectivity index (χ1v) is 5.15. The van der Waals surface area contributed by atoms with E-state index in [0.717, 1.165) is 12.8 Å². The number of Topliss-reactive ketones (excluding diaryl/α,β-unsaturated/α-hetero) is 1. The third kappa shape index (κ3) is 7.97. The zero-order chi connectivity index (χ0) is 10.5. The van der Waals surface area contributed by atoms with Crippen molar-refractivity contribution < 1.29 is 4.79 Å². The normalized spacial score (nSPS) is 14.2. The van der Waals surface area contributed by atoms with Crippen molar-refractivity contribution in [2.45, 2.75) is 58.9 Å². The van der Waals surface area contributed by atoms with Gasteiger partial charge in [0.25, 0.3) is 0 Å². The summed E-state index contributed by atoms with van der Waals surface area (Å²) in [5.74, 6) is 0.876. The van der Waals surface area contributed by atoms with Gasteiger partial charge in [0, 0.05) is 18.4 Å². The largest absolute Gasteiger partial charge is 0.326 e. The number of carbonyl (C=O) groups is 1. The van der Waals surface area contributed by atoms with Gasteiger partial charge in [0.1, 0.15) is 5.78 Å². The van der Waals surface area contributed by atoms with Gasteiger partial charge in [-0.05, 0) is 26.2 Å². The lowest BCUT2D eigenvalue weighted by molar-refractivity contribution is -0.120. The third-order valence-corrected chi connectivity index (χ3v) is 2.32. The van der Waals surface area contributed by atoms with Gasteiger partial charge in [-0.25, -0.2) is 0 Å². The van der Waals surface area contributed by atoms with Gasteiger partial charge in [-0.3, -0.25) is 4.79 Å². The van der Waals surface area contributed by atoms with Crippen LogP contribution in [0.4, 0.5) is 0 Å². The van der Waals surface area contributed by atoms with Gasteiger partial charge in [-0.1, -0.05) is 20.3 Å².